The second-order valence-electron chi connectivity index (χ2n) is 22.8. The minimum atomic E-state index is -1.10. The van der Waals surface area contributed by atoms with Crippen LogP contribution in [-0.4, -0.2) is 163 Å². The van der Waals surface area contributed by atoms with Gasteiger partial charge in [-0.25, -0.2) is 17.8 Å². The van der Waals surface area contributed by atoms with Crippen molar-refractivity contribution in [2.24, 2.45) is 7.05 Å². The fourth-order valence-corrected chi connectivity index (χ4v) is 13.6. The van der Waals surface area contributed by atoms with Crippen LogP contribution in [0.2, 0.25) is 0 Å². The second kappa shape index (κ2) is 24.8. The number of benzene rings is 5. The smallest absolute Gasteiger partial charge is 0.319 e. The molecule has 3 fully saturated rings. The number of nitrogens with one attached hydrogen (secondary N) is 2. The molecule has 0 saturated carbocycles. The Morgan fingerprint density at radius 3 is 2.63 bits per heavy atom. The zero-order valence-corrected chi connectivity index (χ0v) is 49.8. The third-order valence-corrected chi connectivity index (χ3v) is 18.2. The SMILES string of the molecule is C#Cc1c(F)ccc2cc(O)cc(-c3ncc4c(NC[C@H]5CC[C@H]6CN56)nc(OC[C@]5(C(=O)NCCOCCOc6ccc7c(c6)O[C@H](C)CN(Cc6cc(C(CC(=O)O)c8cc(OC)c9c(c8)nnn9C)ccc6C)S7)CCCN5C)nc4c3F)c12. The number of likely N-dealkylation sites (tertiary alicyclic amines) is 1. The molecule has 20 nitrogen and oxygen atoms in total. The number of anilines is 1. The number of hydrogen-bond donors (Lipinski definition) is 4. The number of carboxylic acid groups (broad SMARTS) is 1. The number of likely N-dealkylation sites (N-methyl/N-ethyl adjacent to an activating group) is 1. The van der Waals surface area contributed by atoms with Crippen LogP contribution in [-0.2, 0) is 27.9 Å². The van der Waals surface area contributed by atoms with Crippen LogP contribution in [0.3, 0.4) is 0 Å². The Morgan fingerprint density at radius 1 is 1.00 bits per heavy atom. The molecular weight excluding hydrogens is 1140 g/mol. The van der Waals surface area contributed by atoms with Gasteiger partial charge in [0.25, 0.3) is 0 Å². The third kappa shape index (κ3) is 12.1. The lowest BCUT2D eigenvalue weighted by atomic mass is 9.86. The molecule has 2 unspecified atom stereocenters. The van der Waals surface area contributed by atoms with E-state index in [1.165, 1.54) is 30.5 Å². The second-order valence-corrected chi connectivity index (χ2v) is 24.0. The van der Waals surface area contributed by atoms with Crippen molar-refractivity contribution >= 4 is 62.4 Å². The highest BCUT2D eigenvalue weighted by Gasteiger charge is 2.47. The maximum Gasteiger partial charge on any atom is 0.319 e. The van der Waals surface area contributed by atoms with Gasteiger partial charge in [-0.15, -0.1) is 11.5 Å². The summed E-state index contributed by atoms with van der Waals surface area (Å²) in [6.45, 7) is 8.28. The summed E-state index contributed by atoms with van der Waals surface area (Å²) < 4.78 is 66.7. The first-order chi connectivity index (χ1) is 42.1. The Bertz CT molecular complexity index is 4020. The first-order valence-corrected chi connectivity index (χ1v) is 29.9. The lowest BCUT2D eigenvalue weighted by Gasteiger charge is -2.34. The van der Waals surface area contributed by atoms with Gasteiger partial charge >= 0.3 is 12.0 Å². The highest BCUT2D eigenvalue weighted by molar-refractivity contribution is 7.97. The fourth-order valence-electron chi connectivity index (χ4n) is 12.5. The molecule has 3 aromatic heterocycles. The molecule has 4 aliphatic rings. The lowest BCUT2D eigenvalue weighted by molar-refractivity contribution is -0.137. The van der Waals surface area contributed by atoms with E-state index in [2.05, 4.69) is 59.0 Å². The van der Waals surface area contributed by atoms with Crippen LogP contribution < -0.4 is 29.6 Å². The van der Waals surface area contributed by atoms with E-state index >= 15 is 8.78 Å². The Labute approximate surface area is 505 Å². The molecule has 23 heteroatoms. The number of amides is 1. The van der Waals surface area contributed by atoms with Crippen LogP contribution in [0.15, 0.2) is 83.9 Å². The zero-order valence-electron chi connectivity index (χ0n) is 48.9. The number of pyridine rings is 1. The molecule has 6 atom stereocenters. The number of ether oxygens (including phenoxy) is 5. The van der Waals surface area contributed by atoms with Crippen molar-refractivity contribution in [3.05, 3.63) is 118 Å². The lowest BCUT2D eigenvalue weighted by Crippen LogP contribution is -2.58. The summed E-state index contributed by atoms with van der Waals surface area (Å²) in [6.07, 6.45) is 10.3. The number of aryl methyl sites for hydroxylation is 2. The number of nitrogens with zero attached hydrogens (tertiary/aromatic N) is 9. The van der Waals surface area contributed by atoms with Gasteiger partial charge in [0.1, 0.15) is 81.7 Å². The molecule has 4 aliphatic heterocycles. The number of halogens is 2. The molecule has 4 N–H and O–H groups in total. The normalized spacial score (nSPS) is 20.3. The van der Waals surface area contributed by atoms with Gasteiger partial charge in [0.2, 0.25) is 5.91 Å². The summed E-state index contributed by atoms with van der Waals surface area (Å²) in [4.78, 5) is 45.6. The number of piperidine rings is 1. The predicted molar refractivity (Wildman–Crippen MR) is 324 cm³/mol. The van der Waals surface area contributed by atoms with Crippen molar-refractivity contribution in [1.29, 1.82) is 0 Å². The number of carbonyl (C=O) groups excluding carboxylic acids is 1. The molecule has 452 valence electrons. The van der Waals surface area contributed by atoms with Gasteiger partial charge in [-0.2, -0.15) is 9.97 Å². The molecule has 8 aromatic rings. The molecule has 0 radical (unpaired) electrons. The average Bonchev–Trinajstić information content (AvgIpc) is 1.98. The monoisotopic (exact) mass is 1200 g/mol. The molecule has 7 heterocycles. The Balaban J connectivity index is 0.667. The number of fused-ring (bicyclic) bond motifs is 5. The fraction of sp³-hybridized carbons (Fsp3) is 0.391. The van der Waals surface area contributed by atoms with Crippen LogP contribution in [0.4, 0.5) is 14.6 Å². The maximum absolute atomic E-state index is 17.2. The number of phenols is 1. The first kappa shape index (κ1) is 59.0. The van der Waals surface area contributed by atoms with E-state index in [-0.39, 0.29) is 102 Å². The van der Waals surface area contributed by atoms with Crippen LogP contribution in [0.25, 0.3) is 44.0 Å². The number of terminal acetylenes is 1. The van der Waals surface area contributed by atoms with Crippen LogP contribution >= 0.6 is 11.9 Å². The van der Waals surface area contributed by atoms with Gasteiger partial charge in [0, 0.05) is 81.0 Å². The highest BCUT2D eigenvalue weighted by Crippen LogP contribution is 2.43. The number of carbonyl (C=O) groups is 2. The average molecular weight is 1200 g/mol. The van der Waals surface area contributed by atoms with Gasteiger partial charge in [-0.05, 0) is 135 Å². The molecular formula is C64H67F2N11O9S. The summed E-state index contributed by atoms with van der Waals surface area (Å²) in [5.41, 5.74) is 3.71. The van der Waals surface area contributed by atoms with E-state index in [0.717, 1.165) is 58.5 Å². The third-order valence-electron chi connectivity index (χ3n) is 17.1. The van der Waals surface area contributed by atoms with E-state index in [4.69, 9.17) is 35.1 Å². The number of aromatic hydroxyl groups is 1. The maximum atomic E-state index is 17.2. The number of aromatic nitrogens is 6. The van der Waals surface area contributed by atoms with E-state index in [0.29, 0.717) is 72.6 Å². The highest BCUT2D eigenvalue weighted by atomic mass is 32.2. The quantitative estimate of drug-likeness (QED) is 0.0216. The number of methoxy groups -OCH3 is 1. The molecule has 5 aromatic carbocycles. The number of phenolic OH excluding ortho intramolecular Hbond substituents is 1. The number of rotatable bonds is 22. The Hall–Kier alpha value is -8.40. The van der Waals surface area contributed by atoms with Crippen molar-refractivity contribution in [3.8, 4) is 52.6 Å². The number of aliphatic carboxylic acids is 1. The summed E-state index contributed by atoms with van der Waals surface area (Å²) in [6, 6.07) is 21.7. The van der Waals surface area contributed by atoms with E-state index in [1.54, 1.807) is 30.8 Å². The number of carboxylic acids is 1. The van der Waals surface area contributed by atoms with Crippen molar-refractivity contribution in [3.63, 3.8) is 0 Å². The summed E-state index contributed by atoms with van der Waals surface area (Å²) >= 11 is 1.59. The van der Waals surface area contributed by atoms with Crippen molar-refractivity contribution in [1.82, 2.24) is 49.4 Å². The van der Waals surface area contributed by atoms with Crippen molar-refractivity contribution in [2.45, 2.75) is 87.0 Å². The molecule has 0 aliphatic carbocycles. The number of hydrogen-bond acceptors (Lipinski definition) is 18. The molecule has 0 spiro atoms. The van der Waals surface area contributed by atoms with Crippen molar-refractivity contribution < 1.29 is 52.3 Å². The minimum Gasteiger partial charge on any atom is -0.508 e. The standard InChI is InChI=1S/C64H67F2N11O9S/c1-7-46-50(65)15-11-39-24-44(78)27-48(56(39)46)58-57(66)59-49(31-68-58)61(69-30-42-12-13-43-34-77(42)43)71-63(70-59)85-35-64(17-8-19-74(64)4)62(81)67-18-20-83-21-22-84-45-14-16-54-52(28-45)86-37(3)32-76(87-54)33-41-23-38(10-9-36(41)2)47(29-55(79)80)40-25-51-60(53(26-40)82-6)75(5)73-72-51/h1,9-11,14-16,23-28,31,37,42-43,47,78H,8,12-13,17-22,29-30,32-35H2,2-6H3,(H,67,81)(H,79,80)(H,69,70,71)/t37-,42-,43+,47?,64+,77?/m1/s1. The Morgan fingerprint density at radius 2 is 1.86 bits per heavy atom. The molecule has 3 saturated heterocycles. The molecule has 87 heavy (non-hydrogen) atoms. The van der Waals surface area contributed by atoms with Gasteiger partial charge < -0.3 is 44.5 Å². The van der Waals surface area contributed by atoms with E-state index < -0.39 is 29.1 Å². The summed E-state index contributed by atoms with van der Waals surface area (Å²) in [7, 11) is 5.23. The van der Waals surface area contributed by atoms with Gasteiger partial charge in [-0.1, -0.05) is 35.4 Å². The van der Waals surface area contributed by atoms with E-state index in [1.807, 2.05) is 61.3 Å². The summed E-state index contributed by atoms with van der Waals surface area (Å²) in [5, 5.41) is 36.6. The van der Waals surface area contributed by atoms with Gasteiger partial charge in [0.05, 0.1) is 42.6 Å². The molecule has 1 amide bonds. The topological polar surface area (TPSA) is 224 Å². The van der Waals surface area contributed by atoms with Crippen LogP contribution in [0.1, 0.15) is 72.8 Å². The predicted octanol–water partition coefficient (Wildman–Crippen LogP) is 8.62. The van der Waals surface area contributed by atoms with Gasteiger partial charge in [0.15, 0.2) is 5.82 Å². The minimum absolute atomic E-state index is 0.0881. The Kier molecular flexibility index (Phi) is 16.8. The molecule has 0 bridgehead atoms. The molecule has 12 rings (SSSR count). The van der Waals surface area contributed by atoms with E-state index in [9.17, 15) is 19.8 Å². The van der Waals surface area contributed by atoms with Crippen LogP contribution in [0.5, 0.6) is 29.0 Å². The summed E-state index contributed by atoms with van der Waals surface area (Å²) in [5.74, 6) is 1.20. The van der Waals surface area contributed by atoms with Crippen LogP contribution in [0, 0.1) is 30.9 Å². The largest absolute Gasteiger partial charge is 0.508 e. The van der Waals surface area contributed by atoms with Crippen molar-refractivity contribution in [2.75, 3.05) is 78.6 Å². The first-order valence-electron chi connectivity index (χ1n) is 29.1. The zero-order chi connectivity index (χ0) is 60.7. The van der Waals surface area contributed by atoms with Gasteiger partial charge in [-0.3, -0.25) is 24.4 Å².